The summed E-state index contributed by atoms with van der Waals surface area (Å²) in [6.45, 7) is 0. The number of fused-ring (bicyclic) bond motifs is 2. The van der Waals surface area contributed by atoms with Crippen LogP contribution in [0.15, 0.2) is 36.4 Å². The zero-order valence-corrected chi connectivity index (χ0v) is 12.3. The van der Waals surface area contributed by atoms with Crippen molar-refractivity contribution < 1.29 is 9.47 Å². The van der Waals surface area contributed by atoms with E-state index in [-0.39, 0.29) is 5.92 Å². The van der Waals surface area contributed by atoms with Crippen LogP contribution < -0.4 is 9.47 Å². The minimum absolute atomic E-state index is 0.318. The highest BCUT2D eigenvalue weighted by molar-refractivity contribution is 14.1. The molecule has 2 aromatic carbocycles. The number of ether oxygens (including phenoxy) is 2. The van der Waals surface area contributed by atoms with Gasteiger partial charge in [0.15, 0.2) is 11.5 Å². The van der Waals surface area contributed by atoms with Crippen LogP contribution in [0.1, 0.15) is 17.0 Å². The molecule has 1 aliphatic heterocycles. The van der Waals surface area contributed by atoms with Crippen molar-refractivity contribution in [3.8, 4) is 23.3 Å². The Kier molecular flexibility index (Phi) is 3.07. The van der Waals surface area contributed by atoms with Crippen molar-refractivity contribution in [1.82, 2.24) is 0 Å². The van der Waals surface area contributed by atoms with E-state index in [0.717, 1.165) is 20.4 Å². The number of rotatable bonds is 1. The van der Waals surface area contributed by atoms with E-state index in [1.807, 2.05) is 36.4 Å². The molecule has 0 radical (unpaired) electrons. The molecule has 94 valence electrons. The highest BCUT2D eigenvalue weighted by Gasteiger charge is 2.31. The van der Waals surface area contributed by atoms with Gasteiger partial charge in [0, 0.05) is 14.7 Å². The van der Waals surface area contributed by atoms with Crippen LogP contribution in [0.2, 0.25) is 0 Å². The molecular weight excluding hydrogens is 353 g/mol. The number of para-hydroxylation sites is 1. The van der Waals surface area contributed by atoms with Gasteiger partial charge in [0.05, 0.1) is 13.2 Å². The maximum absolute atomic E-state index is 9.52. The van der Waals surface area contributed by atoms with E-state index in [1.54, 1.807) is 7.11 Å². The number of nitriles is 1. The highest BCUT2D eigenvalue weighted by Crippen LogP contribution is 2.49. The second-order valence-electron chi connectivity index (χ2n) is 4.19. The Morgan fingerprint density at radius 3 is 2.79 bits per heavy atom. The first-order valence-electron chi connectivity index (χ1n) is 5.79. The van der Waals surface area contributed by atoms with Gasteiger partial charge >= 0.3 is 0 Å². The molecule has 1 heterocycles. The van der Waals surface area contributed by atoms with Gasteiger partial charge in [-0.1, -0.05) is 18.2 Å². The predicted octanol–water partition coefficient (Wildman–Crippen LogP) is 4.06. The van der Waals surface area contributed by atoms with Crippen molar-refractivity contribution in [2.24, 2.45) is 0 Å². The Balaban J connectivity index is 2.29. The van der Waals surface area contributed by atoms with Crippen molar-refractivity contribution in [3.63, 3.8) is 0 Å². The fraction of sp³-hybridized carbons (Fsp3) is 0.133. The molecule has 0 N–H and O–H groups in total. The lowest BCUT2D eigenvalue weighted by Gasteiger charge is -2.26. The Morgan fingerprint density at radius 2 is 2.05 bits per heavy atom. The zero-order valence-electron chi connectivity index (χ0n) is 10.2. The fourth-order valence-corrected chi connectivity index (χ4v) is 3.04. The Labute approximate surface area is 124 Å². The van der Waals surface area contributed by atoms with E-state index < -0.39 is 0 Å². The molecular formula is C15H10INO2. The standard InChI is InChI=1S/C15H10INO2/c1-18-13-7-6-11(16)14-10(8-17)9-4-2-3-5-12(9)19-15(13)14/h2-7,10H,1H3. The molecule has 19 heavy (non-hydrogen) atoms. The van der Waals surface area contributed by atoms with Gasteiger partial charge in [-0.3, -0.25) is 0 Å². The Morgan fingerprint density at radius 1 is 1.26 bits per heavy atom. The molecule has 3 rings (SSSR count). The molecule has 0 bridgehead atoms. The highest BCUT2D eigenvalue weighted by atomic mass is 127. The number of methoxy groups -OCH3 is 1. The summed E-state index contributed by atoms with van der Waals surface area (Å²) in [5, 5.41) is 9.52. The number of halogens is 1. The third kappa shape index (κ3) is 1.85. The first-order valence-corrected chi connectivity index (χ1v) is 6.87. The lowest BCUT2D eigenvalue weighted by molar-refractivity contribution is 0.369. The van der Waals surface area contributed by atoms with E-state index in [1.165, 1.54) is 0 Å². The Bertz CT molecular complexity index is 691. The number of nitrogens with zero attached hydrogens (tertiary/aromatic N) is 1. The first-order chi connectivity index (χ1) is 9.26. The average molecular weight is 363 g/mol. The van der Waals surface area contributed by atoms with E-state index in [0.29, 0.717) is 11.5 Å². The van der Waals surface area contributed by atoms with Crippen LogP contribution in [0.5, 0.6) is 17.2 Å². The molecule has 4 heteroatoms. The summed E-state index contributed by atoms with van der Waals surface area (Å²) in [5.74, 6) is 1.72. The van der Waals surface area contributed by atoms with Crippen molar-refractivity contribution in [2.45, 2.75) is 5.92 Å². The molecule has 2 aromatic rings. The molecule has 0 amide bonds. The van der Waals surface area contributed by atoms with E-state index >= 15 is 0 Å². The summed E-state index contributed by atoms with van der Waals surface area (Å²) < 4.78 is 12.3. The molecule has 1 unspecified atom stereocenters. The molecule has 0 aliphatic carbocycles. The summed E-state index contributed by atoms with van der Waals surface area (Å²) >= 11 is 2.23. The second kappa shape index (κ2) is 4.74. The van der Waals surface area contributed by atoms with Crippen LogP contribution >= 0.6 is 22.6 Å². The van der Waals surface area contributed by atoms with Crippen LogP contribution in [0, 0.1) is 14.9 Å². The topological polar surface area (TPSA) is 42.2 Å². The van der Waals surface area contributed by atoms with Crippen LogP contribution in [0.4, 0.5) is 0 Å². The molecule has 1 atom stereocenters. The maximum Gasteiger partial charge on any atom is 0.175 e. The lowest BCUT2D eigenvalue weighted by atomic mass is 9.89. The van der Waals surface area contributed by atoms with Crippen molar-refractivity contribution in [3.05, 3.63) is 51.1 Å². The van der Waals surface area contributed by atoms with E-state index in [2.05, 4.69) is 28.7 Å². The van der Waals surface area contributed by atoms with Gasteiger partial charge in [-0.25, -0.2) is 0 Å². The number of benzene rings is 2. The third-order valence-electron chi connectivity index (χ3n) is 3.19. The van der Waals surface area contributed by atoms with Crippen LogP contribution in [-0.4, -0.2) is 7.11 Å². The van der Waals surface area contributed by atoms with Crippen LogP contribution in [-0.2, 0) is 0 Å². The SMILES string of the molecule is COc1ccc(I)c2c1Oc1ccccc1C2C#N. The van der Waals surface area contributed by atoms with Gasteiger partial charge in [0.25, 0.3) is 0 Å². The van der Waals surface area contributed by atoms with Gasteiger partial charge in [0.1, 0.15) is 11.7 Å². The molecule has 0 spiro atoms. The normalized spacial score (nSPS) is 15.7. The van der Waals surface area contributed by atoms with Gasteiger partial charge < -0.3 is 9.47 Å². The van der Waals surface area contributed by atoms with Crippen molar-refractivity contribution >= 4 is 22.6 Å². The molecule has 0 saturated heterocycles. The Hall–Kier alpha value is -1.74. The monoisotopic (exact) mass is 363 g/mol. The fourth-order valence-electron chi connectivity index (χ4n) is 2.30. The first kappa shape index (κ1) is 12.3. The third-order valence-corrected chi connectivity index (χ3v) is 4.13. The quantitative estimate of drug-likeness (QED) is 0.718. The summed E-state index contributed by atoms with van der Waals surface area (Å²) in [6, 6.07) is 13.8. The average Bonchev–Trinajstić information content (AvgIpc) is 2.45. The smallest absolute Gasteiger partial charge is 0.175 e. The minimum atomic E-state index is -0.318. The maximum atomic E-state index is 9.52. The molecule has 3 nitrogen and oxygen atoms in total. The minimum Gasteiger partial charge on any atom is -0.493 e. The molecule has 0 fully saturated rings. The van der Waals surface area contributed by atoms with Gasteiger partial charge in [-0.15, -0.1) is 0 Å². The van der Waals surface area contributed by atoms with Gasteiger partial charge in [0.2, 0.25) is 0 Å². The predicted molar refractivity (Wildman–Crippen MR) is 79.7 cm³/mol. The number of hydrogen-bond donors (Lipinski definition) is 0. The van der Waals surface area contributed by atoms with E-state index in [9.17, 15) is 5.26 Å². The summed E-state index contributed by atoms with van der Waals surface area (Å²) in [4.78, 5) is 0. The van der Waals surface area contributed by atoms with Crippen LogP contribution in [0.25, 0.3) is 0 Å². The lowest BCUT2D eigenvalue weighted by Crippen LogP contribution is -2.11. The van der Waals surface area contributed by atoms with E-state index in [4.69, 9.17) is 9.47 Å². The van der Waals surface area contributed by atoms with Crippen molar-refractivity contribution in [2.75, 3.05) is 7.11 Å². The summed E-state index contributed by atoms with van der Waals surface area (Å²) in [5.41, 5.74) is 1.80. The molecule has 1 aliphatic rings. The van der Waals surface area contributed by atoms with Crippen molar-refractivity contribution in [1.29, 1.82) is 5.26 Å². The second-order valence-corrected chi connectivity index (χ2v) is 5.36. The van der Waals surface area contributed by atoms with Crippen LogP contribution in [0.3, 0.4) is 0 Å². The largest absolute Gasteiger partial charge is 0.493 e. The van der Waals surface area contributed by atoms with Gasteiger partial charge in [-0.2, -0.15) is 5.26 Å². The number of hydrogen-bond acceptors (Lipinski definition) is 3. The van der Waals surface area contributed by atoms with Gasteiger partial charge in [-0.05, 0) is 40.8 Å². The summed E-state index contributed by atoms with van der Waals surface area (Å²) in [6.07, 6.45) is 0. The zero-order chi connectivity index (χ0) is 13.4. The molecule has 0 saturated carbocycles. The molecule has 0 aromatic heterocycles. The summed E-state index contributed by atoms with van der Waals surface area (Å²) in [7, 11) is 1.60.